The van der Waals surface area contributed by atoms with E-state index in [-0.39, 0.29) is 4.87 Å². The summed E-state index contributed by atoms with van der Waals surface area (Å²) in [5.41, 5.74) is 0. The van der Waals surface area contributed by atoms with E-state index in [2.05, 4.69) is 19.2 Å². The quantitative estimate of drug-likeness (QED) is 0.527. The van der Waals surface area contributed by atoms with Crippen molar-refractivity contribution in [2.75, 3.05) is 6.54 Å². The van der Waals surface area contributed by atoms with Crippen LogP contribution in [0.25, 0.3) is 0 Å². The fraction of sp³-hybridized carbons (Fsp3) is 1.00. The van der Waals surface area contributed by atoms with Gasteiger partial charge in [-0.1, -0.05) is 39.5 Å². The van der Waals surface area contributed by atoms with E-state index in [0.717, 1.165) is 12.5 Å². The third-order valence-corrected chi connectivity index (χ3v) is 4.14. The Kier molecular flexibility index (Phi) is 5.32. The molecule has 14 heavy (non-hydrogen) atoms. The fourth-order valence-corrected chi connectivity index (χ4v) is 3.34. The maximum atomic E-state index is 4.91. The Morgan fingerprint density at radius 3 is 2.36 bits per heavy atom. The number of rotatable bonds is 5. The average Bonchev–Trinajstić information content (AvgIpc) is 2.20. The van der Waals surface area contributed by atoms with Gasteiger partial charge in [0.05, 0.1) is 4.87 Å². The van der Waals surface area contributed by atoms with Crippen LogP contribution < -0.4 is 5.32 Å². The molecule has 0 spiro atoms. The Morgan fingerprint density at radius 1 is 1.21 bits per heavy atom. The van der Waals surface area contributed by atoms with Crippen LogP contribution in [0.2, 0.25) is 0 Å². The second kappa shape index (κ2) is 6.02. The third kappa shape index (κ3) is 3.16. The molecule has 0 aromatic rings. The van der Waals surface area contributed by atoms with Crippen molar-refractivity contribution < 1.29 is 0 Å². The van der Waals surface area contributed by atoms with Crippen molar-refractivity contribution in [1.82, 2.24) is 5.32 Å². The summed E-state index contributed by atoms with van der Waals surface area (Å²) in [5, 5.41) is 3.59. The smallest absolute Gasteiger partial charge is 0.0643 e. The topological polar surface area (TPSA) is 12.0 Å². The van der Waals surface area contributed by atoms with Gasteiger partial charge in [-0.3, -0.25) is 0 Å². The van der Waals surface area contributed by atoms with Crippen molar-refractivity contribution in [3.05, 3.63) is 0 Å². The molecule has 0 saturated heterocycles. The fourth-order valence-electron chi connectivity index (χ4n) is 2.70. The zero-order chi connectivity index (χ0) is 10.4. The molecule has 2 heteroatoms. The van der Waals surface area contributed by atoms with Crippen molar-refractivity contribution in [3.63, 3.8) is 0 Å². The Bertz CT molecular complexity index is 146. The normalized spacial score (nSPS) is 23.4. The van der Waals surface area contributed by atoms with E-state index in [0.29, 0.717) is 0 Å². The summed E-state index contributed by atoms with van der Waals surface area (Å²) in [4.78, 5) is 0.115. The first-order chi connectivity index (χ1) is 6.73. The number of nitrogens with one attached hydrogen (secondary N) is 1. The van der Waals surface area contributed by atoms with Crippen LogP contribution in [0.5, 0.6) is 0 Å². The van der Waals surface area contributed by atoms with Crippen LogP contribution in [0.15, 0.2) is 0 Å². The first-order valence-electron chi connectivity index (χ1n) is 6.20. The molecule has 1 saturated carbocycles. The second-order valence-electron chi connectivity index (χ2n) is 4.54. The van der Waals surface area contributed by atoms with E-state index >= 15 is 0 Å². The van der Waals surface area contributed by atoms with Gasteiger partial charge in [-0.05, 0) is 31.7 Å². The van der Waals surface area contributed by atoms with Crippen LogP contribution in [0.4, 0.5) is 0 Å². The molecule has 0 heterocycles. The SMILES string of the molecule is CCCC(S)(NCC)C1CCCCC1. The minimum atomic E-state index is 0.115. The average molecular weight is 215 g/mol. The van der Waals surface area contributed by atoms with Crippen molar-refractivity contribution in [1.29, 1.82) is 0 Å². The second-order valence-corrected chi connectivity index (χ2v) is 5.34. The Labute approximate surface area is 94.5 Å². The molecule has 0 aromatic heterocycles. The molecule has 0 aromatic carbocycles. The first kappa shape index (κ1) is 12.4. The maximum Gasteiger partial charge on any atom is 0.0643 e. The van der Waals surface area contributed by atoms with Gasteiger partial charge in [0.15, 0.2) is 0 Å². The van der Waals surface area contributed by atoms with Gasteiger partial charge >= 0.3 is 0 Å². The summed E-state index contributed by atoms with van der Waals surface area (Å²) in [7, 11) is 0. The minimum absolute atomic E-state index is 0.115. The zero-order valence-corrected chi connectivity index (χ0v) is 10.6. The van der Waals surface area contributed by atoms with Crippen molar-refractivity contribution in [3.8, 4) is 0 Å². The summed E-state index contributed by atoms with van der Waals surface area (Å²) in [6, 6.07) is 0. The van der Waals surface area contributed by atoms with Crippen LogP contribution >= 0.6 is 12.6 Å². The van der Waals surface area contributed by atoms with Crippen LogP contribution in [0, 0.1) is 5.92 Å². The van der Waals surface area contributed by atoms with Gasteiger partial charge in [-0.25, -0.2) is 0 Å². The van der Waals surface area contributed by atoms with Crippen molar-refractivity contribution in [2.45, 2.75) is 63.7 Å². The van der Waals surface area contributed by atoms with Crippen LogP contribution in [0.3, 0.4) is 0 Å². The van der Waals surface area contributed by atoms with Gasteiger partial charge in [0.1, 0.15) is 0 Å². The number of thiol groups is 1. The monoisotopic (exact) mass is 215 g/mol. The van der Waals surface area contributed by atoms with Crippen LogP contribution in [-0.2, 0) is 0 Å². The van der Waals surface area contributed by atoms with Crippen molar-refractivity contribution in [2.24, 2.45) is 5.92 Å². The highest BCUT2D eigenvalue weighted by atomic mass is 32.1. The molecule has 0 radical (unpaired) electrons. The lowest BCUT2D eigenvalue weighted by molar-refractivity contribution is 0.234. The van der Waals surface area contributed by atoms with E-state index in [1.807, 2.05) is 0 Å². The molecule has 1 atom stereocenters. The lowest BCUT2D eigenvalue weighted by Crippen LogP contribution is -2.47. The predicted molar refractivity (Wildman–Crippen MR) is 66.9 cm³/mol. The third-order valence-electron chi connectivity index (χ3n) is 3.39. The van der Waals surface area contributed by atoms with Crippen LogP contribution in [0.1, 0.15) is 58.8 Å². The minimum Gasteiger partial charge on any atom is -0.303 e. The van der Waals surface area contributed by atoms with Gasteiger partial charge in [-0.15, -0.1) is 0 Å². The lowest BCUT2D eigenvalue weighted by Gasteiger charge is -2.39. The van der Waals surface area contributed by atoms with Gasteiger partial charge in [-0.2, -0.15) is 12.6 Å². The Hall–Kier alpha value is 0.310. The summed E-state index contributed by atoms with van der Waals surface area (Å²) in [5.74, 6) is 0.791. The van der Waals surface area contributed by atoms with Gasteiger partial charge < -0.3 is 5.32 Å². The highest BCUT2D eigenvalue weighted by molar-refractivity contribution is 7.81. The number of hydrogen-bond acceptors (Lipinski definition) is 2. The maximum absolute atomic E-state index is 4.91. The predicted octanol–water partition coefficient (Wildman–Crippen LogP) is 3.60. The van der Waals surface area contributed by atoms with E-state index < -0.39 is 0 Å². The molecular formula is C12H25NS. The molecule has 0 aliphatic heterocycles. The highest BCUT2D eigenvalue weighted by Gasteiger charge is 2.34. The number of hydrogen-bond donors (Lipinski definition) is 2. The summed E-state index contributed by atoms with van der Waals surface area (Å²) in [6.45, 7) is 5.48. The molecule has 84 valence electrons. The molecule has 0 bridgehead atoms. The Morgan fingerprint density at radius 2 is 1.86 bits per heavy atom. The van der Waals surface area contributed by atoms with E-state index in [9.17, 15) is 0 Å². The van der Waals surface area contributed by atoms with Crippen LogP contribution in [-0.4, -0.2) is 11.4 Å². The van der Waals surface area contributed by atoms with Gasteiger partial charge in [0.2, 0.25) is 0 Å². The largest absolute Gasteiger partial charge is 0.303 e. The summed E-state index contributed by atoms with van der Waals surface area (Å²) < 4.78 is 0. The molecule has 1 unspecified atom stereocenters. The molecule has 0 amide bonds. The standard InChI is InChI=1S/C12H25NS/c1-3-10-12(14,13-4-2)11-8-6-5-7-9-11/h11,13-14H,3-10H2,1-2H3. The van der Waals surface area contributed by atoms with Gasteiger partial charge in [0.25, 0.3) is 0 Å². The summed E-state index contributed by atoms with van der Waals surface area (Å²) >= 11 is 4.91. The van der Waals surface area contributed by atoms with Gasteiger partial charge in [0, 0.05) is 0 Å². The molecule has 1 aliphatic carbocycles. The molecule has 1 fully saturated rings. The van der Waals surface area contributed by atoms with E-state index in [4.69, 9.17) is 12.6 Å². The molecule has 1 aliphatic rings. The van der Waals surface area contributed by atoms with E-state index in [1.54, 1.807) is 0 Å². The lowest BCUT2D eigenvalue weighted by atomic mass is 9.81. The zero-order valence-electron chi connectivity index (χ0n) is 9.68. The highest BCUT2D eigenvalue weighted by Crippen LogP contribution is 2.37. The molecule has 1 nitrogen and oxygen atoms in total. The first-order valence-corrected chi connectivity index (χ1v) is 6.65. The molecular weight excluding hydrogens is 190 g/mol. The van der Waals surface area contributed by atoms with Crippen molar-refractivity contribution >= 4 is 12.6 Å². The molecule has 1 N–H and O–H groups in total. The van der Waals surface area contributed by atoms with E-state index in [1.165, 1.54) is 44.9 Å². The Balaban J connectivity index is 2.54. The molecule has 1 rings (SSSR count). The summed E-state index contributed by atoms with van der Waals surface area (Å²) in [6.07, 6.45) is 9.41.